The van der Waals surface area contributed by atoms with Crippen LogP contribution in [0, 0.1) is 11.6 Å². The van der Waals surface area contributed by atoms with E-state index in [0.717, 1.165) is 6.07 Å². The van der Waals surface area contributed by atoms with Gasteiger partial charge in [-0.05, 0) is 48.7 Å². The number of benzene rings is 2. The number of ether oxygens (including phenoxy) is 1. The van der Waals surface area contributed by atoms with E-state index >= 15 is 0 Å². The molecule has 0 heterocycles. The average molecular weight is 363 g/mol. The molecule has 0 saturated carbocycles. The molecular weight excluding hydrogens is 344 g/mol. The number of halogens is 2. The van der Waals surface area contributed by atoms with Crippen molar-refractivity contribution in [1.29, 1.82) is 0 Å². The highest BCUT2D eigenvalue weighted by Crippen LogP contribution is 2.17. The Morgan fingerprint density at radius 1 is 1.04 bits per heavy atom. The number of amides is 1. The lowest BCUT2D eigenvalue weighted by Gasteiger charge is -2.08. The second-order valence-electron chi connectivity index (χ2n) is 5.63. The number of carbonyl (C=O) groups excluding carboxylic acids is 1. The van der Waals surface area contributed by atoms with Crippen molar-refractivity contribution in [2.45, 2.75) is 25.7 Å². The van der Waals surface area contributed by atoms with Gasteiger partial charge in [0, 0.05) is 18.5 Å². The molecule has 0 aliphatic rings. The van der Waals surface area contributed by atoms with Gasteiger partial charge in [-0.15, -0.1) is 0 Å². The van der Waals surface area contributed by atoms with Gasteiger partial charge in [0.2, 0.25) is 5.91 Å². The molecule has 0 radical (unpaired) electrons. The van der Waals surface area contributed by atoms with Crippen LogP contribution in [0.5, 0.6) is 5.75 Å². The lowest BCUT2D eigenvalue weighted by atomic mass is 10.1. The fraction of sp³-hybridized carbons (Fsp3) is 0.263. The Morgan fingerprint density at radius 2 is 1.77 bits per heavy atom. The molecule has 0 atom stereocenters. The lowest BCUT2D eigenvalue weighted by molar-refractivity contribution is -0.137. The number of aliphatic carboxylic acids is 1. The van der Waals surface area contributed by atoms with Crippen LogP contribution in [0.1, 0.15) is 24.8 Å². The predicted molar refractivity (Wildman–Crippen MR) is 92.1 cm³/mol. The molecule has 2 N–H and O–H groups in total. The van der Waals surface area contributed by atoms with Crippen LogP contribution in [0.2, 0.25) is 0 Å². The Kier molecular flexibility index (Phi) is 7.08. The van der Waals surface area contributed by atoms with Crippen molar-refractivity contribution in [2.75, 3.05) is 11.9 Å². The molecule has 26 heavy (non-hydrogen) atoms. The van der Waals surface area contributed by atoms with Crippen molar-refractivity contribution < 1.29 is 28.2 Å². The molecule has 0 aromatic heterocycles. The highest BCUT2D eigenvalue weighted by atomic mass is 19.2. The monoisotopic (exact) mass is 363 g/mol. The van der Waals surface area contributed by atoms with E-state index in [1.165, 1.54) is 12.1 Å². The van der Waals surface area contributed by atoms with Crippen LogP contribution in [0.15, 0.2) is 42.5 Å². The largest absolute Gasteiger partial charge is 0.494 e. The molecule has 0 spiro atoms. The maximum atomic E-state index is 13.5. The maximum absolute atomic E-state index is 13.5. The van der Waals surface area contributed by atoms with Gasteiger partial charge in [-0.2, -0.15) is 0 Å². The summed E-state index contributed by atoms with van der Waals surface area (Å²) in [5, 5.41) is 11.2. The van der Waals surface area contributed by atoms with Crippen LogP contribution < -0.4 is 10.1 Å². The third kappa shape index (κ3) is 6.16. The minimum atomic E-state index is -0.929. The van der Waals surface area contributed by atoms with Crippen molar-refractivity contribution in [3.63, 3.8) is 0 Å². The number of anilines is 1. The van der Waals surface area contributed by atoms with E-state index in [-0.39, 0.29) is 37.3 Å². The van der Waals surface area contributed by atoms with E-state index in [0.29, 0.717) is 17.9 Å². The summed E-state index contributed by atoms with van der Waals surface area (Å²) in [4.78, 5) is 22.3. The molecule has 1 amide bonds. The number of hydrogen-bond donors (Lipinski definition) is 2. The molecule has 2 aromatic rings. The fourth-order valence-electron chi connectivity index (χ4n) is 2.26. The van der Waals surface area contributed by atoms with Gasteiger partial charge in [0.15, 0.2) is 11.6 Å². The topological polar surface area (TPSA) is 75.6 Å². The minimum Gasteiger partial charge on any atom is -0.494 e. The number of carboxylic acid groups (broad SMARTS) is 1. The van der Waals surface area contributed by atoms with Gasteiger partial charge in [-0.25, -0.2) is 8.78 Å². The SMILES string of the molecule is O=C(O)CCCOc1ccc(NC(=O)CCc2cccc(F)c2F)cc1. The van der Waals surface area contributed by atoms with Crippen molar-refractivity contribution >= 4 is 17.6 Å². The normalized spacial score (nSPS) is 10.4. The van der Waals surface area contributed by atoms with E-state index in [1.54, 1.807) is 24.3 Å². The Hall–Kier alpha value is -2.96. The lowest BCUT2D eigenvalue weighted by Crippen LogP contribution is -2.12. The Bertz CT molecular complexity index is 763. The first kappa shape index (κ1) is 19.4. The highest BCUT2D eigenvalue weighted by molar-refractivity contribution is 5.90. The van der Waals surface area contributed by atoms with Gasteiger partial charge < -0.3 is 15.2 Å². The molecule has 2 rings (SSSR count). The highest BCUT2D eigenvalue weighted by Gasteiger charge is 2.10. The predicted octanol–water partition coefficient (Wildman–Crippen LogP) is 3.78. The summed E-state index contributed by atoms with van der Waals surface area (Å²) >= 11 is 0. The summed E-state index contributed by atoms with van der Waals surface area (Å²) < 4.78 is 32.1. The van der Waals surface area contributed by atoms with Gasteiger partial charge in [0.25, 0.3) is 0 Å². The number of carboxylic acids is 1. The number of aryl methyl sites for hydroxylation is 1. The zero-order valence-corrected chi connectivity index (χ0v) is 14.0. The number of carbonyl (C=O) groups is 2. The smallest absolute Gasteiger partial charge is 0.303 e. The zero-order chi connectivity index (χ0) is 18.9. The molecular formula is C19H19F2NO4. The number of hydrogen-bond acceptors (Lipinski definition) is 3. The van der Waals surface area contributed by atoms with Crippen molar-refractivity contribution in [3.8, 4) is 5.75 Å². The molecule has 0 bridgehead atoms. The zero-order valence-electron chi connectivity index (χ0n) is 14.0. The van der Waals surface area contributed by atoms with E-state index < -0.39 is 17.6 Å². The van der Waals surface area contributed by atoms with E-state index in [4.69, 9.17) is 9.84 Å². The minimum absolute atomic E-state index is 0.0216. The summed E-state index contributed by atoms with van der Waals surface area (Å²) in [6.45, 7) is 0.289. The van der Waals surface area contributed by atoms with Gasteiger partial charge in [0.05, 0.1) is 6.61 Å². The summed E-state index contributed by atoms with van der Waals surface area (Å²) in [5.74, 6) is -2.48. The molecule has 138 valence electrons. The van der Waals surface area contributed by atoms with E-state index in [1.807, 2.05) is 0 Å². The molecule has 0 saturated heterocycles. The quantitative estimate of drug-likeness (QED) is 0.665. The second-order valence-corrected chi connectivity index (χ2v) is 5.63. The van der Waals surface area contributed by atoms with Crippen LogP contribution in [0.4, 0.5) is 14.5 Å². The number of rotatable bonds is 9. The third-order valence-corrected chi connectivity index (χ3v) is 3.59. The van der Waals surface area contributed by atoms with Crippen molar-refractivity contribution in [2.24, 2.45) is 0 Å². The van der Waals surface area contributed by atoms with Crippen molar-refractivity contribution in [3.05, 3.63) is 59.7 Å². The van der Waals surface area contributed by atoms with Crippen LogP contribution in [-0.4, -0.2) is 23.6 Å². The van der Waals surface area contributed by atoms with Gasteiger partial charge in [-0.1, -0.05) is 12.1 Å². The Balaban J connectivity index is 1.78. The van der Waals surface area contributed by atoms with Crippen LogP contribution in [-0.2, 0) is 16.0 Å². The van der Waals surface area contributed by atoms with Crippen LogP contribution in [0.25, 0.3) is 0 Å². The van der Waals surface area contributed by atoms with Gasteiger partial charge in [-0.3, -0.25) is 9.59 Å². The first-order valence-corrected chi connectivity index (χ1v) is 8.13. The molecule has 2 aromatic carbocycles. The molecule has 0 aliphatic heterocycles. The second kappa shape index (κ2) is 9.50. The third-order valence-electron chi connectivity index (χ3n) is 3.59. The van der Waals surface area contributed by atoms with Gasteiger partial charge in [0.1, 0.15) is 5.75 Å². The molecule has 0 unspecified atom stereocenters. The first-order chi connectivity index (χ1) is 12.5. The molecule has 0 aliphatic carbocycles. The van der Waals surface area contributed by atoms with Gasteiger partial charge >= 0.3 is 5.97 Å². The fourth-order valence-corrected chi connectivity index (χ4v) is 2.26. The van der Waals surface area contributed by atoms with E-state index in [9.17, 15) is 18.4 Å². The average Bonchev–Trinajstić information content (AvgIpc) is 2.61. The molecule has 7 heteroatoms. The molecule has 5 nitrogen and oxygen atoms in total. The summed E-state index contributed by atoms with van der Waals surface area (Å²) in [7, 11) is 0. The maximum Gasteiger partial charge on any atom is 0.303 e. The molecule has 0 fully saturated rings. The standard InChI is InChI=1S/C19H19F2NO4/c20-16-4-1-3-13(19(16)21)6-11-17(23)22-14-7-9-15(10-8-14)26-12-2-5-18(24)25/h1,3-4,7-10H,2,5-6,11-12H2,(H,22,23)(H,24,25). The summed E-state index contributed by atoms with van der Waals surface area (Å²) in [5.41, 5.74) is 0.706. The van der Waals surface area contributed by atoms with E-state index in [2.05, 4.69) is 5.32 Å². The van der Waals surface area contributed by atoms with Crippen molar-refractivity contribution in [1.82, 2.24) is 0 Å². The summed E-state index contributed by atoms with van der Waals surface area (Å²) in [6, 6.07) is 10.5. The Morgan fingerprint density at radius 3 is 2.46 bits per heavy atom. The van der Waals surface area contributed by atoms with Crippen LogP contribution in [0.3, 0.4) is 0 Å². The Labute approximate surface area is 149 Å². The number of nitrogens with one attached hydrogen (secondary N) is 1. The van der Waals surface area contributed by atoms with Crippen LogP contribution >= 0.6 is 0 Å². The summed E-state index contributed by atoms with van der Waals surface area (Å²) in [6.07, 6.45) is 0.568. The first-order valence-electron chi connectivity index (χ1n) is 8.13.